The van der Waals surface area contributed by atoms with Crippen molar-refractivity contribution >= 4 is 0 Å². The highest BCUT2D eigenvalue weighted by atomic mass is 19.3. The molecule has 0 spiro atoms. The van der Waals surface area contributed by atoms with Crippen LogP contribution in [0.1, 0.15) is 63.0 Å². The minimum Gasteiger partial charge on any atom is -0.260 e. The van der Waals surface area contributed by atoms with Crippen molar-refractivity contribution in [2.24, 2.45) is 5.92 Å². The molecule has 0 radical (unpaired) electrons. The first kappa shape index (κ1) is 13.4. The van der Waals surface area contributed by atoms with Crippen molar-refractivity contribution in [3.05, 3.63) is 17.0 Å². The van der Waals surface area contributed by atoms with Crippen LogP contribution in [0.4, 0.5) is 17.6 Å². The number of halogens is 4. The number of hydrogen-bond acceptors (Lipinski definition) is 1. The molecule has 0 aromatic carbocycles. The monoisotopic (exact) mass is 264 g/mol. The van der Waals surface area contributed by atoms with Gasteiger partial charge in [-0.25, -0.2) is 8.78 Å². The molecule has 0 fully saturated rings. The van der Waals surface area contributed by atoms with E-state index in [9.17, 15) is 17.6 Å². The summed E-state index contributed by atoms with van der Waals surface area (Å²) in [6, 6.07) is -0.366. The van der Waals surface area contributed by atoms with E-state index in [4.69, 9.17) is 0 Å². The maximum atomic E-state index is 14.2. The third-order valence-corrected chi connectivity index (χ3v) is 3.76. The highest BCUT2D eigenvalue weighted by Gasteiger charge is 2.55. The number of nitrogens with zero attached hydrogens (tertiary/aromatic N) is 2. The lowest BCUT2D eigenvalue weighted by Crippen LogP contribution is -2.24. The van der Waals surface area contributed by atoms with Crippen LogP contribution in [-0.2, 0) is 5.92 Å². The Labute approximate surface area is 103 Å². The minimum atomic E-state index is -3.10. The molecule has 6 heteroatoms. The van der Waals surface area contributed by atoms with E-state index in [1.807, 2.05) is 0 Å². The molecule has 2 rings (SSSR count). The molecule has 2 atom stereocenters. The summed E-state index contributed by atoms with van der Waals surface area (Å²) in [6.07, 6.45) is -2.82. The molecular weight excluding hydrogens is 248 g/mol. The van der Waals surface area contributed by atoms with Gasteiger partial charge < -0.3 is 0 Å². The van der Waals surface area contributed by atoms with E-state index in [1.54, 1.807) is 20.8 Å². The Bertz CT molecular complexity index is 465. The summed E-state index contributed by atoms with van der Waals surface area (Å²) in [4.78, 5) is 0. The van der Waals surface area contributed by atoms with Gasteiger partial charge in [-0.3, -0.25) is 4.68 Å². The summed E-state index contributed by atoms with van der Waals surface area (Å²) in [5, 5.41) is 3.70. The average Bonchev–Trinajstić information content (AvgIpc) is 2.73. The predicted molar refractivity (Wildman–Crippen MR) is 59.0 cm³/mol. The summed E-state index contributed by atoms with van der Waals surface area (Å²) in [6.45, 7) is 6.27. The summed E-state index contributed by atoms with van der Waals surface area (Å²) in [7, 11) is 0. The Morgan fingerprint density at radius 1 is 1.22 bits per heavy atom. The van der Waals surface area contributed by atoms with Gasteiger partial charge in [-0.15, -0.1) is 0 Å². The summed E-state index contributed by atoms with van der Waals surface area (Å²) in [5.74, 6) is -4.68. The lowest BCUT2D eigenvalue weighted by Gasteiger charge is -2.21. The second-order valence-corrected chi connectivity index (χ2v) is 5.19. The number of hydrogen-bond donors (Lipinski definition) is 0. The van der Waals surface area contributed by atoms with Crippen molar-refractivity contribution in [1.29, 1.82) is 0 Å². The van der Waals surface area contributed by atoms with Crippen LogP contribution in [0.15, 0.2) is 0 Å². The molecule has 0 saturated carbocycles. The molecule has 0 saturated heterocycles. The summed E-state index contributed by atoms with van der Waals surface area (Å²) in [5.41, 5.74) is -0.778. The van der Waals surface area contributed by atoms with Gasteiger partial charge in [0, 0.05) is 17.5 Å². The fourth-order valence-corrected chi connectivity index (χ4v) is 2.56. The van der Waals surface area contributed by atoms with Gasteiger partial charge in [0.2, 0.25) is 0 Å². The fourth-order valence-electron chi connectivity index (χ4n) is 2.56. The first-order chi connectivity index (χ1) is 8.19. The number of alkyl halides is 4. The third kappa shape index (κ3) is 1.57. The van der Waals surface area contributed by atoms with E-state index in [1.165, 1.54) is 6.92 Å². The van der Waals surface area contributed by atoms with Crippen LogP contribution in [0.25, 0.3) is 0 Å². The normalized spacial score (nSPS) is 26.1. The molecule has 0 amide bonds. The molecule has 102 valence electrons. The average molecular weight is 264 g/mol. The van der Waals surface area contributed by atoms with Crippen molar-refractivity contribution in [2.45, 2.75) is 52.0 Å². The van der Waals surface area contributed by atoms with Crippen LogP contribution in [-0.4, -0.2) is 9.78 Å². The predicted octanol–water partition coefficient (Wildman–Crippen LogP) is 4.25. The SMILES string of the molecule is CC(C)n1nc(C(F)F)c2c1C(F)(F)[C@H](C)[C@@H]2C. The smallest absolute Gasteiger partial charge is 0.260 e. The largest absolute Gasteiger partial charge is 0.292 e. The highest BCUT2D eigenvalue weighted by molar-refractivity contribution is 5.40. The van der Waals surface area contributed by atoms with Crippen molar-refractivity contribution in [1.82, 2.24) is 9.78 Å². The van der Waals surface area contributed by atoms with Gasteiger partial charge in [-0.1, -0.05) is 13.8 Å². The van der Waals surface area contributed by atoms with Crippen LogP contribution in [0, 0.1) is 5.92 Å². The molecule has 1 aliphatic rings. The quantitative estimate of drug-likeness (QED) is 0.730. The molecule has 0 N–H and O–H groups in total. The maximum absolute atomic E-state index is 14.2. The second-order valence-electron chi connectivity index (χ2n) is 5.19. The van der Waals surface area contributed by atoms with E-state index in [-0.39, 0.29) is 17.3 Å². The Balaban J connectivity index is 2.72. The van der Waals surface area contributed by atoms with E-state index < -0.39 is 29.9 Å². The lowest BCUT2D eigenvalue weighted by atomic mass is 9.94. The van der Waals surface area contributed by atoms with Gasteiger partial charge in [-0.05, 0) is 19.8 Å². The standard InChI is InChI=1S/C12H16F4N2/c1-5(2)18-10-8(9(17-18)11(13)14)6(3)7(4)12(10,15)16/h5-7,11H,1-4H3/t6-,7+/m0/s1. The zero-order valence-corrected chi connectivity index (χ0v) is 10.7. The minimum absolute atomic E-state index is 0.0381. The van der Waals surface area contributed by atoms with Crippen molar-refractivity contribution < 1.29 is 17.6 Å². The second kappa shape index (κ2) is 3.96. The maximum Gasteiger partial charge on any atom is 0.292 e. The molecule has 1 aliphatic carbocycles. The topological polar surface area (TPSA) is 17.8 Å². The molecule has 1 heterocycles. The van der Waals surface area contributed by atoms with Gasteiger partial charge in [0.25, 0.3) is 12.3 Å². The summed E-state index contributed by atoms with van der Waals surface area (Å²) < 4.78 is 55.3. The summed E-state index contributed by atoms with van der Waals surface area (Å²) >= 11 is 0. The number of fused-ring (bicyclic) bond motifs is 1. The Hall–Kier alpha value is -1.07. The van der Waals surface area contributed by atoms with Gasteiger partial charge in [-0.2, -0.15) is 13.9 Å². The van der Waals surface area contributed by atoms with Crippen LogP contribution < -0.4 is 0 Å². The van der Waals surface area contributed by atoms with Gasteiger partial charge in [0.15, 0.2) is 0 Å². The van der Waals surface area contributed by atoms with E-state index in [0.717, 1.165) is 4.68 Å². The molecule has 1 aromatic rings. The fraction of sp³-hybridized carbons (Fsp3) is 0.750. The molecule has 18 heavy (non-hydrogen) atoms. The van der Waals surface area contributed by atoms with E-state index >= 15 is 0 Å². The lowest BCUT2D eigenvalue weighted by molar-refractivity contribution is -0.0596. The first-order valence-electron chi connectivity index (χ1n) is 5.98. The van der Waals surface area contributed by atoms with Crippen molar-refractivity contribution in [2.75, 3.05) is 0 Å². The molecule has 2 nitrogen and oxygen atoms in total. The Morgan fingerprint density at radius 2 is 1.78 bits per heavy atom. The van der Waals surface area contributed by atoms with Crippen LogP contribution in [0.5, 0.6) is 0 Å². The molecule has 1 aromatic heterocycles. The van der Waals surface area contributed by atoms with Crippen LogP contribution in [0.2, 0.25) is 0 Å². The highest BCUT2D eigenvalue weighted by Crippen LogP contribution is 2.55. The Morgan fingerprint density at radius 3 is 2.22 bits per heavy atom. The van der Waals surface area contributed by atoms with Crippen LogP contribution >= 0.6 is 0 Å². The van der Waals surface area contributed by atoms with Crippen molar-refractivity contribution in [3.8, 4) is 0 Å². The van der Waals surface area contributed by atoms with Crippen LogP contribution in [0.3, 0.4) is 0 Å². The van der Waals surface area contributed by atoms with Gasteiger partial charge >= 0.3 is 0 Å². The molecule has 0 unspecified atom stereocenters. The number of aromatic nitrogens is 2. The molecular formula is C12H16F4N2. The van der Waals surface area contributed by atoms with E-state index in [2.05, 4.69) is 5.10 Å². The molecule has 0 bridgehead atoms. The van der Waals surface area contributed by atoms with E-state index in [0.29, 0.717) is 0 Å². The first-order valence-corrected chi connectivity index (χ1v) is 5.98. The number of rotatable bonds is 2. The van der Waals surface area contributed by atoms with Gasteiger partial charge in [0.1, 0.15) is 11.4 Å². The Kier molecular flexibility index (Phi) is 2.94. The zero-order chi connectivity index (χ0) is 13.8. The molecule has 0 aliphatic heterocycles. The van der Waals surface area contributed by atoms with Crippen molar-refractivity contribution in [3.63, 3.8) is 0 Å². The zero-order valence-electron chi connectivity index (χ0n) is 10.7. The third-order valence-electron chi connectivity index (χ3n) is 3.76. The van der Waals surface area contributed by atoms with Gasteiger partial charge in [0.05, 0.1) is 0 Å².